The van der Waals surface area contributed by atoms with Gasteiger partial charge < -0.3 is 15.1 Å². The van der Waals surface area contributed by atoms with Gasteiger partial charge in [0.2, 0.25) is 17.7 Å². The first-order chi connectivity index (χ1) is 9.93. The molecule has 1 N–H and O–H groups in total. The number of carbonyl (C=O) groups is 3. The van der Waals surface area contributed by atoms with Gasteiger partial charge in [-0.25, -0.2) is 0 Å². The van der Waals surface area contributed by atoms with Crippen molar-refractivity contribution in [3.63, 3.8) is 0 Å². The van der Waals surface area contributed by atoms with Gasteiger partial charge in [0.1, 0.15) is 0 Å². The maximum Gasteiger partial charge on any atom is 0.226 e. The van der Waals surface area contributed by atoms with Crippen LogP contribution in [0.4, 0.5) is 0 Å². The van der Waals surface area contributed by atoms with Crippen molar-refractivity contribution in [2.75, 3.05) is 26.2 Å². The Morgan fingerprint density at radius 1 is 1.10 bits per heavy atom. The molecular weight excluding hydrogens is 270 g/mol. The minimum atomic E-state index is -0.155. The van der Waals surface area contributed by atoms with Crippen LogP contribution in [0.5, 0.6) is 0 Å². The van der Waals surface area contributed by atoms with Crippen LogP contribution in [0.2, 0.25) is 0 Å². The third kappa shape index (κ3) is 3.74. The minimum absolute atomic E-state index is 0.00470. The zero-order valence-corrected chi connectivity index (χ0v) is 13.1. The highest BCUT2D eigenvalue weighted by atomic mass is 16.2. The maximum absolute atomic E-state index is 12.3. The molecule has 0 radical (unpaired) electrons. The van der Waals surface area contributed by atoms with E-state index in [1.165, 1.54) is 0 Å². The van der Waals surface area contributed by atoms with Crippen molar-refractivity contribution in [2.24, 2.45) is 11.8 Å². The van der Waals surface area contributed by atoms with Crippen molar-refractivity contribution in [1.82, 2.24) is 15.1 Å². The summed E-state index contributed by atoms with van der Waals surface area (Å²) in [4.78, 5) is 39.1. The summed E-state index contributed by atoms with van der Waals surface area (Å²) in [7, 11) is 0. The quantitative estimate of drug-likeness (QED) is 0.807. The van der Waals surface area contributed by atoms with Gasteiger partial charge in [-0.2, -0.15) is 0 Å². The molecule has 3 atom stereocenters. The van der Waals surface area contributed by atoms with Crippen LogP contribution >= 0.6 is 0 Å². The highest BCUT2D eigenvalue weighted by molar-refractivity contribution is 5.92. The van der Waals surface area contributed by atoms with Gasteiger partial charge in [-0.05, 0) is 19.8 Å². The number of nitrogens with one attached hydrogen (secondary N) is 1. The molecule has 2 aliphatic rings. The van der Waals surface area contributed by atoms with Crippen LogP contribution in [0, 0.1) is 11.8 Å². The lowest BCUT2D eigenvalue weighted by Crippen LogP contribution is -2.50. The van der Waals surface area contributed by atoms with Crippen LogP contribution < -0.4 is 5.32 Å². The summed E-state index contributed by atoms with van der Waals surface area (Å²) in [6, 6.07) is 0.160. The molecule has 1 heterocycles. The Morgan fingerprint density at radius 3 is 2.19 bits per heavy atom. The van der Waals surface area contributed by atoms with E-state index >= 15 is 0 Å². The van der Waals surface area contributed by atoms with E-state index in [0.717, 1.165) is 6.42 Å². The third-order valence-electron chi connectivity index (χ3n) is 4.48. The van der Waals surface area contributed by atoms with E-state index in [4.69, 9.17) is 0 Å². The van der Waals surface area contributed by atoms with Crippen LogP contribution in [0.15, 0.2) is 0 Å². The lowest BCUT2D eigenvalue weighted by molar-refractivity contribution is -0.140. The molecule has 6 nitrogen and oxygen atoms in total. The van der Waals surface area contributed by atoms with Gasteiger partial charge in [-0.1, -0.05) is 6.92 Å². The first-order valence-electron chi connectivity index (χ1n) is 7.78. The van der Waals surface area contributed by atoms with Crippen LogP contribution in [0.25, 0.3) is 0 Å². The van der Waals surface area contributed by atoms with Crippen LogP contribution in [0.1, 0.15) is 33.6 Å². The maximum atomic E-state index is 12.3. The zero-order chi connectivity index (χ0) is 15.6. The second-order valence-corrected chi connectivity index (χ2v) is 6.10. The molecule has 1 saturated heterocycles. The topological polar surface area (TPSA) is 69.7 Å². The van der Waals surface area contributed by atoms with Gasteiger partial charge in [0.15, 0.2) is 0 Å². The highest BCUT2D eigenvalue weighted by Crippen LogP contribution is 2.40. The molecule has 1 saturated carbocycles. The molecule has 0 aromatic heterocycles. The van der Waals surface area contributed by atoms with Crippen molar-refractivity contribution in [3.05, 3.63) is 0 Å². The molecule has 3 unspecified atom stereocenters. The van der Waals surface area contributed by atoms with Crippen LogP contribution in [-0.4, -0.2) is 59.7 Å². The summed E-state index contributed by atoms with van der Waals surface area (Å²) in [6.45, 7) is 7.89. The molecule has 0 aromatic rings. The fraction of sp³-hybridized carbons (Fsp3) is 0.800. The van der Waals surface area contributed by atoms with Crippen LogP contribution in [0.3, 0.4) is 0 Å². The fourth-order valence-electron chi connectivity index (χ4n) is 2.69. The van der Waals surface area contributed by atoms with E-state index in [1.54, 1.807) is 16.7 Å². The van der Waals surface area contributed by atoms with Gasteiger partial charge in [0.05, 0.1) is 11.8 Å². The summed E-state index contributed by atoms with van der Waals surface area (Å²) >= 11 is 0. The average Bonchev–Trinajstić information content (AvgIpc) is 3.27. The average molecular weight is 295 g/mol. The Labute approximate surface area is 125 Å². The van der Waals surface area contributed by atoms with E-state index in [9.17, 15) is 14.4 Å². The van der Waals surface area contributed by atoms with Crippen LogP contribution in [-0.2, 0) is 14.4 Å². The lowest BCUT2D eigenvalue weighted by Gasteiger charge is -2.34. The molecule has 6 heteroatoms. The minimum Gasteiger partial charge on any atom is -0.353 e. The SMILES string of the molecule is CCC(C)NC(=O)C1CC1C(=O)N1CCN(C(C)=O)CC1. The number of hydrogen-bond donors (Lipinski definition) is 1. The first-order valence-corrected chi connectivity index (χ1v) is 7.78. The van der Waals surface area contributed by atoms with Gasteiger partial charge in [-0.15, -0.1) is 0 Å². The molecule has 0 bridgehead atoms. The monoisotopic (exact) mass is 295 g/mol. The summed E-state index contributed by atoms with van der Waals surface area (Å²) in [5.41, 5.74) is 0. The first kappa shape index (κ1) is 15.8. The largest absolute Gasteiger partial charge is 0.353 e. The van der Waals surface area contributed by atoms with Crippen molar-refractivity contribution in [1.29, 1.82) is 0 Å². The summed E-state index contributed by atoms with van der Waals surface area (Å²) in [5.74, 6) is -0.179. The predicted octanol–water partition coefficient (Wildman–Crippen LogP) is 0.228. The number of nitrogens with zero attached hydrogens (tertiary/aromatic N) is 2. The molecule has 0 aromatic carbocycles. The van der Waals surface area contributed by atoms with E-state index in [1.807, 2.05) is 13.8 Å². The predicted molar refractivity (Wildman–Crippen MR) is 78.3 cm³/mol. The number of carbonyl (C=O) groups excluding carboxylic acids is 3. The Bertz CT molecular complexity index is 430. The molecule has 2 rings (SSSR count). The fourth-order valence-corrected chi connectivity index (χ4v) is 2.69. The van der Waals surface area contributed by atoms with Gasteiger partial charge >= 0.3 is 0 Å². The second kappa shape index (κ2) is 6.45. The molecule has 2 fully saturated rings. The Balaban J connectivity index is 1.79. The standard InChI is InChI=1S/C15H25N3O3/c1-4-10(2)16-14(20)12-9-13(12)15(21)18-7-5-17(6-8-18)11(3)19/h10,12-13H,4-9H2,1-3H3,(H,16,20). The number of rotatable bonds is 4. The third-order valence-corrected chi connectivity index (χ3v) is 4.48. The smallest absolute Gasteiger partial charge is 0.226 e. The number of hydrogen-bond acceptors (Lipinski definition) is 3. The van der Waals surface area contributed by atoms with Gasteiger partial charge in [-0.3, -0.25) is 14.4 Å². The molecule has 1 aliphatic carbocycles. The Hall–Kier alpha value is -1.59. The van der Waals surface area contributed by atoms with Gasteiger partial charge in [0.25, 0.3) is 0 Å². The Kier molecular flexibility index (Phi) is 4.85. The summed E-state index contributed by atoms with van der Waals surface area (Å²) < 4.78 is 0. The second-order valence-electron chi connectivity index (χ2n) is 6.10. The molecule has 0 spiro atoms. The molecule has 1 aliphatic heterocycles. The van der Waals surface area contributed by atoms with E-state index in [2.05, 4.69) is 5.32 Å². The van der Waals surface area contributed by atoms with Crippen molar-refractivity contribution < 1.29 is 14.4 Å². The van der Waals surface area contributed by atoms with Gasteiger partial charge in [0, 0.05) is 39.1 Å². The van der Waals surface area contributed by atoms with E-state index in [0.29, 0.717) is 32.6 Å². The number of amides is 3. The zero-order valence-electron chi connectivity index (χ0n) is 13.1. The van der Waals surface area contributed by atoms with E-state index in [-0.39, 0.29) is 35.6 Å². The van der Waals surface area contributed by atoms with E-state index < -0.39 is 0 Å². The lowest BCUT2D eigenvalue weighted by atomic mass is 10.2. The van der Waals surface area contributed by atoms with Crippen molar-refractivity contribution in [3.8, 4) is 0 Å². The summed E-state index contributed by atoms with van der Waals surface area (Å²) in [5, 5.41) is 2.94. The highest BCUT2D eigenvalue weighted by Gasteiger charge is 2.49. The van der Waals surface area contributed by atoms with Crippen molar-refractivity contribution in [2.45, 2.75) is 39.7 Å². The molecule has 21 heavy (non-hydrogen) atoms. The normalized spacial score (nSPS) is 26.2. The Morgan fingerprint density at radius 2 is 1.67 bits per heavy atom. The van der Waals surface area contributed by atoms with Crippen molar-refractivity contribution >= 4 is 17.7 Å². The molecule has 3 amide bonds. The summed E-state index contributed by atoms with van der Waals surface area (Å²) in [6.07, 6.45) is 1.55. The molecular formula is C15H25N3O3. The number of piperazine rings is 1. The molecule has 118 valence electrons.